The SMILES string of the molecule is Cc1ccccc1-n1c(SC(C)C(=O)c2ccc(F)c(F)c2)nnc1-c1cccnc1. The maximum atomic E-state index is 13.6. The minimum atomic E-state index is -1.05. The lowest BCUT2D eigenvalue weighted by Gasteiger charge is -2.15. The van der Waals surface area contributed by atoms with Crippen LogP contribution in [0.25, 0.3) is 17.1 Å². The van der Waals surface area contributed by atoms with Gasteiger partial charge in [-0.3, -0.25) is 14.3 Å². The number of Topliss-reactive ketones (excluding diaryl/α,β-unsaturated/α-hetero) is 1. The van der Waals surface area contributed by atoms with Crippen LogP contribution >= 0.6 is 11.8 Å². The average Bonchev–Trinajstić information content (AvgIpc) is 3.19. The number of hydrogen-bond donors (Lipinski definition) is 0. The molecule has 8 heteroatoms. The molecule has 0 bridgehead atoms. The lowest BCUT2D eigenvalue weighted by Crippen LogP contribution is -2.15. The normalized spacial score (nSPS) is 12.0. The Morgan fingerprint density at radius 1 is 1.03 bits per heavy atom. The van der Waals surface area contributed by atoms with Gasteiger partial charge in [0.1, 0.15) is 0 Å². The Labute approximate surface area is 182 Å². The first-order valence-corrected chi connectivity index (χ1v) is 10.4. The second-order valence-corrected chi connectivity index (χ2v) is 8.23. The number of para-hydroxylation sites is 1. The van der Waals surface area contributed by atoms with Crippen LogP contribution in [0, 0.1) is 18.6 Å². The smallest absolute Gasteiger partial charge is 0.196 e. The highest BCUT2D eigenvalue weighted by atomic mass is 32.2. The molecule has 0 aliphatic rings. The molecule has 0 radical (unpaired) electrons. The fourth-order valence-electron chi connectivity index (χ4n) is 3.16. The minimum absolute atomic E-state index is 0.105. The Morgan fingerprint density at radius 2 is 1.84 bits per heavy atom. The quantitative estimate of drug-likeness (QED) is 0.304. The van der Waals surface area contributed by atoms with Gasteiger partial charge in [0.2, 0.25) is 0 Å². The number of ketones is 1. The Bertz CT molecular complexity index is 1240. The number of pyridine rings is 1. The van der Waals surface area contributed by atoms with E-state index in [2.05, 4.69) is 15.2 Å². The van der Waals surface area contributed by atoms with Crippen molar-refractivity contribution in [2.45, 2.75) is 24.3 Å². The molecule has 156 valence electrons. The van der Waals surface area contributed by atoms with Crippen molar-refractivity contribution in [1.82, 2.24) is 19.7 Å². The zero-order valence-corrected chi connectivity index (χ0v) is 17.6. The molecule has 2 aromatic heterocycles. The standard InChI is InChI=1S/C23H18F2N4OS/c1-14-6-3-4-8-20(14)29-22(17-7-5-11-26-13-17)27-28-23(29)31-15(2)21(30)16-9-10-18(24)19(25)12-16/h3-13,15H,1-2H3. The first-order chi connectivity index (χ1) is 15.0. The number of benzene rings is 2. The first kappa shape index (κ1) is 20.9. The van der Waals surface area contributed by atoms with Crippen molar-refractivity contribution in [3.63, 3.8) is 0 Å². The molecule has 0 aliphatic heterocycles. The van der Waals surface area contributed by atoms with Gasteiger partial charge in [-0.15, -0.1) is 10.2 Å². The van der Waals surface area contributed by atoms with E-state index in [0.717, 1.165) is 28.9 Å². The molecule has 2 heterocycles. The van der Waals surface area contributed by atoms with Crippen molar-refractivity contribution < 1.29 is 13.6 Å². The number of aryl methyl sites for hydroxylation is 1. The molecule has 0 aliphatic carbocycles. The number of halogens is 2. The van der Waals surface area contributed by atoms with Crippen LogP contribution in [0.1, 0.15) is 22.8 Å². The third kappa shape index (κ3) is 4.25. The number of hydrogen-bond acceptors (Lipinski definition) is 5. The molecular weight excluding hydrogens is 418 g/mol. The van der Waals surface area contributed by atoms with Crippen LogP contribution in [0.4, 0.5) is 8.78 Å². The number of nitrogens with zero attached hydrogens (tertiary/aromatic N) is 4. The van der Waals surface area contributed by atoms with Crippen LogP contribution in [0.5, 0.6) is 0 Å². The maximum Gasteiger partial charge on any atom is 0.196 e. The van der Waals surface area contributed by atoms with E-state index in [4.69, 9.17) is 0 Å². The maximum absolute atomic E-state index is 13.6. The molecule has 0 spiro atoms. The lowest BCUT2D eigenvalue weighted by molar-refractivity contribution is 0.0993. The number of thioether (sulfide) groups is 1. The second kappa shape index (κ2) is 8.77. The summed E-state index contributed by atoms with van der Waals surface area (Å²) in [4.78, 5) is 17.0. The van der Waals surface area contributed by atoms with E-state index in [1.807, 2.05) is 47.9 Å². The summed E-state index contributed by atoms with van der Waals surface area (Å²) in [5.74, 6) is -1.77. The van der Waals surface area contributed by atoms with E-state index in [9.17, 15) is 13.6 Å². The van der Waals surface area contributed by atoms with E-state index >= 15 is 0 Å². The minimum Gasteiger partial charge on any atom is -0.293 e. The summed E-state index contributed by atoms with van der Waals surface area (Å²) in [6.45, 7) is 3.68. The number of aromatic nitrogens is 4. The molecule has 0 saturated carbocycles. The lowest BCUT2D eigenvalue weighted by atomic mass is 10.1. The molecule has 0 saturated heterocycles. The van der Waals surface area contributed by atoms with Gasteiger partial charge >= 0.3 is 0 Å². The van der Waals surface area contributed by atoms with Crippen LogP contribution in [-0.2, 0) is 0 Å². The van der Waals surface area contributed by atoms with E-state index < -0.39 is 16.9 Å². The van der Waals surface area contributed by atoms with Gasteiger partial charge in [-0.25, -0.2) is 8.78 Å². The van der Waals surface area contributed by atoms with Crippen LogP contribution in [0.3, 0.4) is 0 Å². The van der Waals surface area contributed by atoms with Gasteiger partial charge in [0.05, 0.1) is 10.9 Å². The van der Waals surface area contributed by atoms with Crippen molar-refractivity contribution in [2.24, 2.45) is 0 Å². The fraction of sp³-hybridized carbons (Fsp3) is 0.130. The van der Waals surface area contributed by atoms with E-state index in [-0.39, 0.29) is 11.3 Å². The van der Waals surface area contributed by atoms with Crippen molar-refractivity contribution in [1.29, 1.82) is 0 Å². The summed E-state index contributed by atoms with van der Waals surface area (Å²) in [6, 6.07) is 14.6. The predicted octanol–water partition coefficient (Wildman–Crippen LogP) is 5.28. The summed E-state index contributed by atoms with van der Waals surface area (Å²) in [7, 11) is 0. The average molecular weight is 436 g/mol. The van der Waals surface area contributed by atoms with Crippen LogP contribution < -0.4 is 0 Å². The zero-order chi connectivity index (χ0) is 22.0. The van der Waals surface area contributed by atoms with Gasteiger partial charge < -0.3 is 0 Å². The molecule has 4 aromatic rings. The van der Waals surface area contributed by atoms with Gasteiger partial charge in [-0.1, -0.05) is 30.0 Å². The van der Waals surface area contributed by atoms with Gasteiger partial charge in [0.25, 0.3) is 0 Å². The molecule has 0 amide bonds. The van der Waals surface area contributed by atoms with Gasteiger partial charge in [-0.2, -0.15) is 0 Å². The number of rotatable bonds is 6. The highest BCUT2D eigenvalue weighted by Gasteiger charge is 2.24. The molecule has 0 fully saturated rings. The van der Waals surface area contributed by atoms with Gasteiger partial charge in [0, 0.05) is 23.5 Å². The molecule has 4 rings (SSSR count). The Kier molecular flexibility index (Phi) is 5.90. The molecule has 2 aromatic carbocycles. The van der Waals surface area contributed by atoms with Crippen molar-refractivity contribution >= 4 is 17.5 Å². The van der Waals surface area contributed by atoms with E-state index in [1.54, 1.807) is 19.3 Å². The molecule has 5 nitrogen and oxygen atoms in total. The van der Waals surface area contributed by atoms with Crippen molar-refractivity contribution in [3.05, 3.63) is 89.8 Å². The predicted molar refractivity (Wildman–Crippen MR) is 115 cm³/mol. The third-order valence-electron chi connectivity index (χ3n) is 4.76. The van der Waals surface area contributed by atoms with Crippen molar-refractivity contribution in [2.75, 3.05) is 0 Å². The second-order valence-electron chi connectivity index (χ2n) is 6.92. The largest absolute Gasteiger partial charge is 0.293 e. The van der Waals surface area contributed by atoms with E-state index in [1.165, 1.54) is 17.8 Å². The highest BCUT2D eigenvalue weighted by molar-refractivity contribution is 8.00. The summed E-state index contributed by atoms with van der Waals surface area (Å²) >= 11 is 1.21. The molecule has 1 atom stereocenters. The summed E-state index contributed by atoms with van der Waals surface area (Å²) in [6.07, 6.45) is 3.37. The van der Waals surface area contributed by atoms with Crippen LogP contribution in [-0.4, -0.2) is 30.8 Å². The number of carbonyl (C=O) groups excluding carboxylic acids is 1. The summed E-state index contributed by atoms with van der Waals surface area (Å²) < 4.78 is 28.7. The van der Waals surface area contributed by atoms with Crippen LogP contribution in [0.2, 0.25) is 0 Å². The van der Waals surface area contributed by atoms with Gasteiger partial charge in [0.15, 0.2) is 28.4 Å². The van der Waals surface area contributed by atoms with Gasteiger partial charge in [-0.05, 0) is 55.8 Å². The fourth-order valence-corrected chi connectivity index (χ4v) is 4.09. The first-order valence-electron chi connectivity index (χ1n) is 9.53. The molecule has 1 unspecified atom stereocenters. The topological polar surface area (TPSA) is 60.7 Å². The number of carbonyl (C=O) groups is 1. The summed E-state index contributed by atoms with van der Waals surface area (Å²) in [5.41, 5.74) is 2.77. The molecular formula is C23H18F2N4OS. The highest BCUT2D eigenvalue weighted by Crippen LogP contribution is 2.32. The van der Waals surface area contributed by atoms with E-state index in [0.29, 0.717) is 11.0 Å². The molecule has 0 N–H and O–H groups in total. The van der Waals surface area contributed by atoms with Crippen LogP contribution in [0.15, 0.2) is 72.1 Å². The van der Waals surface area contributed by atoms with Crippen molar-refractivity contribution in [3.8, 4) is 17.1 Å². The Hall–Kier alpha value is -3.39. The monoisotopic (exact) mass is 436 g/mol. The third-order valence-corrected chi connectivity index (χ3v) is 5.81. The summed E-state index contributed by atoms with van der Waals surface area (Å²) in [5, 5.41) is 8.58. The Morgan fingerprint density at radius 3 is 2.55 bits per heavy atom. The molecule has 31 heavy (non-hydrogen) atoms. The zero-order valence-electron chi connectivity index (χ0n) is 16.8. The Balaban J connectivity index is 1.73.